The highest BCUT2D eigenvalue weighted by molar-refractivity contribution is 5.94. The van der Waals surface area contributed by atoms with Gasteiger partial charge in [-0.3, -0.25) is 9.59 Å². The van der Waals surface area contributed by atoms with Gasteiger partial charge in [0.1, 0.15) is 5.82 Å². The van der Waals surface area contributed by atoms with E-state index in [1.54, 1.807) is 12.0 Å². The maximum atomic E-state index is 13.1. The van der Waals surface area contributed by atoms with Crippen molar-refractivity contribution in [2.45, 2.75) is 18.9 Å². The fourth-order valence-electron chi connectivity index (χ4n) is 3.49. The number of nitrogens with one attached hydrogen (secondary N) is 1. The number of hydrogen-bond donors (Lipinski definition) is 1. The molecule has 0 saturated carbocycles. The van der Waals surface area contributed by atoms with Crippen LogP contribution in [0.15, 0.2) is 54.6 Å². The second-order valence-electron chi connectivity index (χ2n) is 6.98. The van der Waals surface area contributed by atoms with Crippen LogP contribution in [0, 0.1) is 11.7 Å². The minimum atomic E-state index is -0.376. The first-order chi connectivity index (χ1) is 13.6. The average Bonchev–Trinajstić information content (AvgIpc) is 2.75. The lowest BCUT2D eigenvalue weighted by Gasteiger charge is -2.32. The number of methoxy groups -OCH3 is 1. The van der Waals surface area contributed by atoms with Crippen LogP contribution in [-0.2, 0) is 9.53 Å². The Morgan fingerprint density at radius 3 is 2.57 bits per heavy atom. The van der Waals surface area contributed by atoms with Gasteiger partial charge in [0.15, 0.2) is 0 Å². The Kier molecular flexibility index (Phi) is 6.76. The Hall–Kier alpha value is -2.73. The molecule has 2 atom stereocenters. The predicted octanol–water partition coefficient (Wildman–Crippen LogP) is 3.18. The van der Waals surface area contributed by atoms with E-state index in [4.69, 9.17) is 4.74 Å². The van der Waals surface area contributed by atoms with Crippen LogP contribution in [0.2, 0.25) is 0 Å². The molecule has 28 heavy (non-hydrogen) atoms. The second-order valence-corrected chi connectivity index (χ2v) is 6.98. The largest absolute Gasteiger partial charge is 0.375 e. The topological polar surface area (TPSA) is 58.6 Å². The number of carbonyl (C=O) groups is 2. The van der Waals surface area contributed by atoms with E-state index in [0.717, 1.165) is 18.4 Å². The van der Waals surface area contributed by atoms with E-state index in [9.17, 15) is 14.0 Å². The van der Waals surface area contributed by atoms with E-state index >= 15 is 0 Å². The average molecular weight is 384 g/mol. The van der Waals surface area contributed by atoms with Crippen LogP contribution < -0.4 is 5.32 Å². The highest BCUT2D eigenvalue weighted by atomic mass is 19.1. The van der Waals surface area contributed by atoms with Gasteiger partial charge in [0.05, 0.1) is 12.0 Å². The molecule has 2 aromatic rings. The molecule has 0 bridgehead atoms. The number of piperidine rings is 1. The van der Waals surface area contributed by atoms with Gasteiger partial charge in [-0.1, -0.05) is 30.3 Å². The van der Waals surface area contributed by atoms with Crippen molar-refractivity contribution in [3.05, 3.63) is 71.5 Å². The molecule has 2 unspecified atom stereocenters. The molecule has 1 aliphatic heterocycles. The van der Waals surface area contributed by atoms with Crippen molar-refractivity contribution in [3.8, 4) is 0 Å². The fraction of sp³-hybridized carbons (Fsp3) is 0.364. The number of hydrogen-bond acceptors (Lipinski definition) is 3. The van der Waals surface area contributed by atoms with E-state index in [-0.39, 0.29) is 29.7 Å². The zero-order valence-electron chi connectivity index (χ0n) is 15.9. The summed E-state index contributed by atoms with van der Waals surface area (Å²) < 4.78 is 18.6. The number of benzene rings is 2. The molecule has 0 aliphatic carbocycles. The Bertz CT molecular complexity index is 795. The van der Waals surface area contributed by atoms with Crippen molar-refractivity contribution in [1.29, 1.82) is 0 Å². The number of halogens is 1. The third-order valence-corrected chi connectivity index (χ3v) is 5.09. The van der Waals surface area contributed by atoms with Crippen LogP contribution in [0.5, 0.6) is 0 Å². The smallest absolute Gasteiger partial charge is 0.253 e. The molecule has 148 valence electrons. The first-order valence-corrected chi connectivity index (χ1v) is 9.48. The molecule has 1 heterocycles. The maximum absolute atomic E-state index is 13.1. The molecule has 1 saturated heterocycles. The molecule has 6 heteroatoms. The minimum absolute atomic E-state index is 0.0745. The number of carbonyl (C=O) groups excluding carboxylic acids is 2. The normalized spacial score (nSPS) is 17.8. The predicted molar refractivity (Wildman–Crippen MR) is 104 cm³/mol. The first-order valence-electron chi connectivity index (χ1n) is 9.48. The van der Waals surface area contributed by atoms with E-state index in [1.807, 2.05) is 30.3 Å². The van der Waals surface area contributed by atoms with Crippen molar-refractivity contribution in [2.75, 3.05) is 26.7 Å². The Morgan fingerprint density at radius 2 is 1.89 bits per heavy atom. The van der Waals surface area contributed by atoms with Crippen LogP contribution in [0.4, 0.5) is 4.39 Å². The molecule has 2 aromatic carbocycles. The summed E-state index contributed by atoms with van der Waals surface area (Å²) in [5.74, 6) is -0.879. The lowest BCUT2D eigenvalue weighted by molar-refractivity contribution is -0.126. The number of rotatable bonds is 6. The summed E-state index contributed by atoms with van der Waals surface area (Å²) in [5.41, 5.74) is 1.44. The lowest BCUT2D eigenvalue weighted by Crippen LogP contribution is -2.46. The highest BCUT2D eigenvalue weighted by Crippen LogP contribution is 2.20. The summed E-state index contributed by atoms with van der Waals surface area (Å²) >= 11 is 0. The molecule has 1 aliphatic rings. The minimum Gasteiger partial charge on any atom is -0.375 e. The second kappa shape index (κ2) is 9.46. The van der Waals surface area contributed by atoms with E-state index in [1.165, 1.54) is 24.3 Å². The lowest BCUT2D eigenvalue weighted by atomic mass is 9.96. The van der Waals surface area contributed by atoms with Crippen LogP contribution in [-0.4, -0.2) is 43.5 Å². The quantitative estimate of drug-likeness (QED) is 0.832. The van der Waals surface area contributed by atoms with Crippen molar-refractivity contribution < 1.29 is 18.7 Å². The molecule has 1 fully saturated rings. The van der Waals surface area contributed by atoms with E-state index < -0.39 is 0 Å². The molecular formula is C22H25FN2O3. The Labute approximate surface area is 164 Å². The number of amides is 2. The standard InChI is InChI=1S/C22H25FN2O3/c1-28-20(16-6-3-2-4-7-16)14-24-21(26)18-8-5-13-25(15-18)22(27)17-9-11-19(23)12-10-17/h2-4,6-7,9-12,18,20H,5,8,13-15H2,1H3,(H,24,26). The number of nitrogens with zero attached hydrogens (tertiary/aromatic N) is 1. The molecule has 2 amide bonds. The van der Waals surface area contributed by atoms with Gasteiger partial charge in [-0.25, -0.2) is 4.39 Å². The Morgan fingerprint density at radius 1 is 1.18 bits per heavy atom. The fourth-order valence-corrected chi connectivity index (χ4v) is 3.49. The van der Waals surface area contributed by atoms with Gasteiger partial charge in [0.2, 0.25) is 5.91 Å². The molecule has 3 rings (SSSR count). The maximum Gasteiger partial charge on any atom is 0.253 e. The molecule has 0 radical (unpaired) electrons. The molecule has 5 nitrogen and oxygen atoms in total. The van der Waals surface area contributed by atoms with Gasteiger partial charge < -0.3 is 15.0 Å². The summed E-state index contributed by atoms with van der Waals surface area (Å²) in [7, 11) is 1.62. The first kappa shape index (κ1) is 20.0. The molecule has 0 spiro atoms. The van der Waals surface area contributed by atoms with Gasteiger partial charge in [0, 0.05) is 32.3 Å². The SMILES string of the molecule is COC(CNC(=O)C1CCCN(C(=O)c2ccc(F)cc2)C1)c1ccccc1. The van der Waals surface area contributed by atoms with Crippen LogP contribution in [0.25, 0.3) is 0 Å². The monoisotopic (exact) mass is 384 g/mol. The summed E-state index contributed by atoms with van der Waals surface area (Å²) in [6, 6.07) is 15.2. The molecule has 0 aromatic heterocycles. The Balaban J connectivity index is 1.56. The van der Waals surface area contributed by atoms with Crippen molar-refractivity contribution in [1.82, 2.24) is 10.2 Å². The summed E-state index contributed by atoms with van der Waals surface area (Å²) in [6.45, 7) is 1.34. The van der Waals surface area contributed by atoms with Gasteiger partial charge in [-0.05, 0) is 42.7 Å². The molecular weight excluding hydrogens is 359 g/mol. The van der Waals surface area contributed by atoms with Crippen molar-refractivity contribution in [2.24, 2.45) is 5.92 Å². The summed E-state index contributed by atoms with van der Waals surface area (Å²) in [4.78, 5) is 26.9. The summed E-state index contributed by atoms with van der Waals surface area (Å²) in [5, 5.41) is 2.96. The van der Waals surface area contributed by atoms with Gasteiger partial charge in [-0.15, -0.1) is 0 Å². The zero-order chi connectivity index (χ0) is 19.9. The van der Waals surface area contributed by atoms with E-state index in [0.29, 0.717) is 25.2 Å². The van der Waals surface area contributed by atoms with Gasteiger partial charge >= 0.3 is 0 Å². The third kappa shape index (κ3) is 4.95. The van der Waals surface area contributed by atoms with Crippen LogP contribution in [0.3, 0.4) is 0 Å². The summed E-state index contributed by atoms with van der Waals surface area (Å²) in [6.07, 6.45) is 1.28. The van der Waals surface area contributed by atoms with Crippen LogP contribution >= 0.6 is 0 Å². The van der Waals surface area contributed by atoms with Crippen molar-refractivity contribution in [3.63, 3.8) is 0 Å². The number of likely N-dealkylation sites (tertiary alicyclic amines) is 1. The van der Waals surface area contributed by atoms with Crippen LogP contribution in [0.1, 0.15) is 34.9 Å². The number of ether oxygens (including phenoxy) is 1. The highest BCUT2D eigenvalue weighted by Gasteiger charge is 2.29. The zero-order valence-corrected chi connectivity index (χ0v) is 15.9. The molecule has 1 N–H and O–H groups in total. The van der Waals surface area contributed by atoms with Crippen molar-refractivity contribution >= 4 is 11.8 Å². The third-order valence-electron chi connectivity index (χ3n) is 5.09. The van der Waals surface area contributed by atoms with Gasteiger partial charge in [-0.2, -0.15) is 0 Å². The van der Waals surface area contributed by atoms with Gasteiger partial charge in [0.25, 0.3) is 5.91 Å². The van der Waals surface area contributed by atoms with E-state index in [2.05, 4.69) is 5.32 Å².